The Bertz CT molecular complexity index is 1090. The van der Waals surface area contributed by atoms with Crippen LogP contribution in [0.1, 0.15) is 25.0 Å². The van der Waals surface area contributed by atoms with E-state index in [4.69, 9.17) is 9.05 Å². The topological polar surface area (TPSA) is 78.8 Å². The molecule has 0 aliphatic rings. The Labute approximate surface area is 204 Å². The Balaban J connectivity index is 0.00000341. The molecule has 3 aromatic carbocycles. The Hall–Kier alpha value is -2.27. The molecule has 154 valence electrons. The van der Waals surface area contributed by atoms with Crippen LogP contribution in [0.25, 0.3) is 11.1 Å². The fraction of sp³-hybridized carbons (Fsp3) is 0.0833. The summed E-state index contributed by atoms with van der Waals surface area (Å²) in [4.78, 5) is 12.2. The summed E-state index contributed by atoms with van der Waals surface area (Å²) in [6, 6.07) is 21.9. The second-order valence-electron chi connectivity index (χ2n) is 6.42. The molecule has 0 spiro atoms. The van der Waals surface area contributed by atoms with E-state index in [1.807, 2.05) is 38.1 Å². The van der Waals surface area contributed by atoms with Crippen LogP contribution in [-0.4, -0.2) is 5.11 Å². The van der Waals surface area contributed by atoms with E-state index >= 15 is 0 Å². The molecular formula is C24H22NaO5P. The van der Waals surface area contributed by atoms with Crippen LogP contribution in [0, 0.1) is 0 Å². The number of rotatable bonds is 7. The normalized spacial score (nSPS) is 13.6. The fourth-order valence-electron chi connectivity index (χ4n) is 3.05. The molecule has 0 bridgehead atoms. The average molecular weight is 444 g/mol. The van der Waals surface area contributed by atoms with Crippen molar-refractivity contribution < 1.29 is 53.2 Å². The van der Waals surface area contributed by atoms with E-state index in [1.165, 1.54) is 12.1 Å². The number of hydrogen-bond acceptors (Lipinski definition) is 5. The SMILES string of the molecule is CC=C(C(=CC)c1ccc(OP(=O)([O-])Oc2ccccc2)cc1)c1ccc(O)cc1.[Na+]. The Morgan fingerprint density at radius 2 is 1.19 bits per heavy atom. The van der Waals surface area contributed by atoms with Crippen LogP contribution in [0.4, 0.5) is 0 Å². The number of aromatic hydroxyl groups is 1. The average Bonchev–Trinajstić information content (AvgIpc) is 2.74. The van der Waals surface area contributed by atoms with Crippen molar-refractivity contribution >= 4 is 19.0 Å². The van der Waals surface area contributed by atoms with E-state index in [2.05, 4.69) is 0 Å². The van der Waals surface area contributed by atoms with Crippen LogP contribution in [0.2, 0.25) is 0 Å². The first kappa shape index (κ1) is 25.0. The van der Waals surface area contributed by atoms with Crippen molar-refractivity contribution in [2.75, 3.05) is 0 Å². The predicted molar refractivity (Wildman–Crippen MR) is 117 cm³/mol. The fourth-order valence-corrected chi connectivity index (χ4v) is 3.85. The Morgan fingerprint density at radius 1 is 0.774 bits per heavy atom. The molecule has 5 nitrogen and oxygen atoms in total. The van der Waals surface area contributed by atoms with Gasteiger partial charge in [-0.15, -0.1) is 0 Å². The van der Waals surface area contributed by atoms with Gasteiger partial charge in [0.2, 0.25) is 0 Å². The zero-order valence-corrected chi connectivity index (χ0v) is 20.6. The smallest absolute Gasteiger partial charge is 0.736 e. The molecule has 3 aromatic rings. The van der Waals surface area contributed by atoms with E-state index in [0.717, 1.165) is 22.3 Å². The summed E-state index contributed by atoms with van der Waals surface area (Å²) in [7, 11) is -4.56. The predicted octanol–water partition coefficient (Wildman–Crippen LogP) is 2.83. The molecule has 0 aromatic heterocycles. The van der Waals surface area contributed by atoms with E-state index in [9.17, 15) is 14.6 Å². The first-order chi connectivity index (χ1) is 14.4. The molecule has 3 rings (SSSR count). The van der Waals surface area contributed by atoms with Gasteiger partial charge in [-0.3, -0.25) is 0 Å². The summed E-state index contributed by atoms with van der Waals surface area (Å²) in [5.41, 5.74) is 3.83. The molecule has 0 saturated carbocycles. The van der Waals surface area contributed by atoms with Crippen LogP contribution >= 0.6 is 7.82 Å². The molecule has 0 amide bonds. The molecule has 0 fully saturated rings. The maximum absolute atomic E-state index is 12.2. The molecule has 31 heavy (non-hydrogen) atoms. The van der Waals surface area contributed by atoms with E-state index in [1.54, 1.807) is 54.6 Å². The molecule has 0 aliphatic carbocycles. The maximum Gasteiger partial charge on any atom is 1.00 e. The van der Waals surface area contributed by atoms with Crippen LogP contribution in [-0.2, 0) is 4.57 Å². The van der Waals surface area contributed by atoms with Crippen molar-refractivity contribution in [3.63, 3.8) is 0 Å². The Kier molecular flexibility index (Phi) is 9.17. The number of phenolic OH excluding ortho intramolecular Hbond substituents is 1. The van der Waals surface area contributed by atoms with Crippen LogP contribution in [0.3, 0.4) is 0 Å². The van der Waals surface area contributed by atoms with Gasteiger partial charge < -0.3 is 19.0 Å². The molecule has 1 N–H and O–H groups in total. The standard InChI is InChI=1S/C24H23O5P.Na/c1-3-23(18-10-14-20(25)15-11-18)24(4-2)19-12-16-22(17-13-19)29-30(26,27)28-21-8-6-5-7-9-21;/h3-17,25H,1-2H3,(H,26,27);/q;+1/p-1. The van der Waals surface area contributed by atoms with E-state index in [0.29, 0.717) is 0 Å². The summed E-state index contributed by atoms with van der Waals surface area (Å²) in [6.45, 7) is 3.88. The number of phosphoric acid groups is 1. The van der Waals surface area contributed by atoms with Crippen molar-refractivity contribution in [1.82, 2.24) is 0 Å². The number of hydrogen-bond donors (Lipinski definition) is 1. The zero-order chi connectivity index (χ0) is 21.6. The monoisotopic (exact) mass is 444 g/mol. The van der Waals surface area contributed by atoms with Crippen molar-refractivity contribution in [3.8, 4) is 17.2 Å². The molecule has 0 saturated heterocycles. The van der Waals surface area contributed by atoms with Gasteiger partial charge in [0, 0.05) is 0 Å². The van der Waals surface area contributed by atoms with Crippen LogP contribution < -0.4 is 43.5 Å². The van der Waals surface area contributed by atoms with Gasteiger partial charge in [0.25, 0.3) is 0 Å². The van der Waals surface area contributed by atoms with E-state index < -0.39 is 7.82 Å². The molecular weight excluding hydrogens is 422 g/mol. The van der Waals surface area contributed by atoms with Gasteiger partial charge in [-0.2, -0.15) is 0 Å². The summed E-state index contributed by atoms with van der Waals surface area (Å²) in [6.07, 6.45) is 3.97. The number of allylic oxidation sites excluding steroid dienone is 4. The third-order valence-electron chi connectivity index (χ3n) is 4.39. The summed E-state index contributed by atoms with van der Waals surface area (Å²) in [5.74, 6) is 0.558. The zero-order valence-electron chi connectivity index (χ0n) is 17.7. The number of benzene rings is 3. The van der Waals surface area contributed by atoms with Gasteiger partial charge in [-0.05, 0) is 72.5 Å². The number of phosphoric ester groups is 1. The van der Waals surface area contributed by atoms with Crippen molar-refractivity contribution in [1.29, 1.82) is 0 Å². The maximum atomic E-state index is 12.2. The molecule has 0 heterocycles. The molecule has 7 heteroatoms. The minimum atomic E-state index is -4.56. The molecule has 1 unspecified atom stereocenters. The number of phenols is 1. The van der Waals surface area contributed by atoms with Crippen molar-refractivity contribution in [2.24, 2.45) is 0 Å². The first-order valence-corrected chi connectivity index (χ1v) is 10.9. The van der Waals surface area contributed by atoms with Gasteiger partial charge in [0.15, 0.2) is 0 Å². The van der Waals surface area contributed by atoms with E-state index in [-0.39, 0.29) is 46.8 Å². The molecule has 0 aliphatic heterocycles. The van der Waals surface area contributed by atoms with Gasteiger partial charge in [0.1, 0.15) is 17.2 Å². The quantitative estimate of drug-likeness (QED) is 0.345. The summed E-state index contributed by atoms with van der Waals surface area (Å²) in [5, 5.41) is 9.53. The van der Waals surface area contributed by atoms with Crippen LogP contribution in [0.15, 0.2) is 91.0 Å². The Morgan fingerprint density at radius 3 is 1.65 bits per heavy atom. The second kappa shape index (κ2) is 11.4. The minimum Gasteiger partial charge on any atom is -0.736 e. The largest absolute Gasteiger partial charge is 1.00 e. The van der Waals surface area contributed by atoms with Gasteiger partial charge in [-0.1, -0.05) is 54.6 Å². The minimum absolute atomic E-state index is 0. The molecule has 1 atom stereocenters. The third kappa shape index (κ3) is 6.86. The number of para-hydroxylation sites is 1. The van der Waals surface area contributed by atoms with Crippen molar-refractivity contribution in [3.05, 3.63) is 102 Å². The summed E-state index contributed by atoms with van der Waals surface area (Å²) >= 11 is 0. The van der Waals surface area contributed by atoms with Crippen LogP contribution in [0.5, 0.6) is 17.2 Å². The van der Waals surface area contributed by atoms with Gasteiger partial charge >= 0.3 is 37.4 Å². The van der Waals surface area contributed by atoms with Gasteiger partial charge in [0.05, 0.1) is 0 Å². The molecule has 0 radical (unpaired) electrons. The second-order valence-corrected chi connectivity index (χ2v) is 7.68. The van der Waals surface area contributed by atoms with Crippen molar-refractivity contribution in [2.45, 2.75) is 13.8 Å². The summed E-state index contributed by atoms with van der Waals surface area (Å²) < 4.78 is 22.2. The first-order valence-electron chi connectivity index (χ1n) is 9.40. The van der Waals surface area contributed by atoms with Gasteiger partial charge in [-0.25, -0.2) is 4.57 Å². The third-order valence-corrected chi connectivity index (χ3v) is 5.26.